The molecule has 14 nitrogen and oxygen atoms in total. The molecule has 0 unspecified atom stereocenters. The van der Waals surface area contributed by atoms with Crippen LogP contribution in [-0.2, 0) is 22.5 Å². The Hall–Kier alpha value is -6.15. The second-order valence-corrected chi connectivity index (χ2v) is 12.6. The van der Waals surface area contributed by atoms with Crippen LogP contribution in [0.2, 0.25) is 0 Å². The van der Waals surface area contributed by atoms with E-state index in [0.29, 0.717) is 58.4 Å². The molecule has 1 aliphatic heterocycles. The molecule has 6 rings (SSSR count). The van der Waals surface area contributed by atoms with Crippen molar-refractivity contribution in [2.75, 3.05) is 56.3 Å². The number of H-pyrrole nitrogens is 1. The van der Waals surface area contributed by atoms with Gasteiger partial charge in [0.25, 0.3) is 5.56 Å². The first-order valence-electron chi connectivity index (χ1n) is 17.0. The Kier molecular flexibility index (Phi) is 11.0. The molecule has 3 heterocycles. The topological polar surface area (TPSA) is 168 Å². The number of nitrogens with zero attached hydrogens (tertiary/aromatic N) is 1. The quantitative estimate of drug-likeness (QED) is 0.153. The fraction of sp³-hybridized carbons (Fsp3) is 0.325. The Morgan fingerprint density at radius 1 is 0.852 bits per heavy atom. The predicted octanol–water partition coefficient (Wildman–Crippen LogP) is 5.08. The van der Waals surface area contributed by atoms with Gasteiger partial charge in [-0.15, -0.1) is 0 Å². The van der Waals surface area contributed by atoms with Gasteiger partial charge in [-0.3, -0.25) is 19.3 Å². The molecule has 3 aromatic carbocycles. The molecule has 2 atom stereocenters. The Morgan fingerprint density at radius 3 is 2.17 bits per heavy atom. The minimum absolute atomic E-state index is 0.0798. The van der Waals surface area contributed by atoms with Gasteiger partial charge in [-0.25, -0.2) is 0 Å². The van der Waals surface area contributed by atoms with Gasteiger partial charge in [-0.05, 0) is 71.0 Å². The summed E-state index contributed by atoms with van der Waals surface area (Å²) in [5.74, 6) is 0.338. The van der Waals surface area contributed by atoms with Crippen LogP contribution in [0, 0.1) is 0 Å². The summed E-state index contributed by atoms with van der Waals surface area (Å²) in [4.78, 5) is 44.8. The average molecular weight is 743 g/mol. The van der Waals surface area contributed by atoms with Crippen molar-refractivity contribution in [1.82, 2.24) is 9.88 Å². The number of ether oxygens (including phenoxy) is 7. The number of benzene rings is 3. The molecule has 1 aliphatic rings. The van der Waals surface area contributed by atoms with Crippen LogP contribution in [-0.4, -0.2) is 77.3 Å². The molecular formula is C40H42N2O12. The number of carbonyl (C=O) groups excluding carboxylic acids is 1. The lowest BCUT2D eigenvalue weighted by Crippen LogP contribution is -2.36. The first kappa shape index (κ1) is 37.6. The highest BCUT2D eigenvalue weighted by atomic mass is 16.5. The molecule has 0 bridgehead atoms. The number of hydrogen-bond donors (Lipinski definition) is 2. The van der Waals surface area contributed by atoms with Gasteiger partial charge in [0.1, 0.15) is 11.5 Å². The summed E-state index contributed by atoms with van der Waals surface area (Å²) in [5.41, 5.74) is 2.00. The maximum Gasteiger partial charge on any atom is 0.306 e. The average Bonchev–Trinajstić information content (AvgIpc) is 3.19. The standard InChI is InChI=1S/C40H42N2O12/c1-47-24-9-8-22-12-28(40(46)41-29(22)16-24)27(19-35(44)52-6)38-37(45)30(43)17-25(54-38)20-42-11-10-21-13-31(48-2)32(49-3)18-26(21)36(42)23-14-33(50-4)39(53-7)34(15-23)51-5/h8-9,12-18,27,36,45H,10-11,19-20H2,1-7H3,(H,41,46)/t27-,36+/m1/s1. The molecule has 14 heteroatoms. The maximum absolute atomic E-state index is 13.6. The number of fused-ring (bicyclic) bond motifs is 2. The highest BCUT2D eigenvalue weighted by molar-refractivity contribution is 5.81. The van der Waals surface area contributed by atoms with Crippen molar-refractivity contribution in [2.24, 2.45) is 0 Å². The van der Waals surface area contributed by atoms with Gasteiger partial charge < -0.3 is 47.7 Å². The van der Waals surface area contributed by atoms with E-state index in [1.54, 1.807) is 38.5 Å². The lowest BCUT2D eigenvalue weighted by molar-refractivity contribution is -0.140. The molecule has 0 fully saturated rings. The Labute approximate surface area is 310 Å². The number of methoxy groups -OCH3 is 7. The van der Waals surface area contributed by atoms with Gasteiger partial charge in [0.05, 0.1) is 80.2 Å². The van der Waals surface area contributed by atoms with Gasteiger partial charge in [0.2, 0.25) is 16.9 Å². The third kappa shape index (κ3) is 7.12. The maximum atomic E-state index is 13.6. The molecule has 5 aromatic rings. The highest BCUT2D eigenvalue weighted by Gasteiger charge is 2.34. The molecule has 0 saturated heterocycles. The monoisotopic (exact) mass is 742 g/mol. The van der Waals surface area contributed by atoms with Gasteiger partial charge in [0, 0.05) is 24.2 Å². The number of aromatic amines is 1. The molecule has 0 spiro atoms. The van der Waals surface area contributed by atoms with Gasteiger partial charge in [0.15, 0.2) is 28.8 Å². The van der Waals surface area contributed by atoms with Crippen LogP contribution in [0.15, 0.2) is 68.6 Å². The van der Waals surface area contributed by atoms with Crippen molar-refractivity contribution in [2.45, 2.75) is 31.3 Å². The fourth-order valence-electron chi connectivity index (χ4n) is 7.06. The number of rotatable bonds is 13. The number of nitrogens with one attached hydrogen (secondary N) is 1. The van der Waals surface area contributed by atoms with Gasteiger partial charge in [-0.1, -0.05) is 0 Å². The lowest BCUT2D eigenvalue weighted by Gasteiger charge is -2.38. The molecule has 284 valence electrons. The lowest BCUT2D eigenvalue weighted by atomic mass is 9.87. The molecule has 0 saturated carbocycles. The van der Waals surface area contributed by atoms with Crippen molar-refractivity contribution in [3.8, 4) is 40.2 Å². The molecule has 0 amide bonds. The Balaban J connectivity index is 1.49. The molecular weight excluding hydrogens is 700 g/mol. The van der Waals surface area contributed by atoms with Crippen LogP contribution in [0.4, 0.5) is 0 Å². The third-order valence-electron chi connectivity index (χ3n) is 9.71. The normalized spacial score (nSPS) is 14.5. The molecule has 0 aliphatic carbocycles. The van der Waals surface area contributed by atoms with Crippen LogP contribution in [0.5, 0.6) is 40.2 Å². The molecule has 0 radical (unpaired) electrons. The molecule has 2 N–H and O–H groups in total. The van der Waals surface area contributed by atoms with Crippen molar-refractivity contribution >= 4 is 16.9 Å². The second kappa shape index (κ2) is 15.8. The summed E-state index contributed by atoms with van der Waals surface area (Å²) in [5, 5.41) is 11.8. The summed E-state index contributed by atoms with van der Waals surface area (Å²) in [6, 6.07) is 15.1. The zero-order valence-corrected chi connectivity index (χ0v) is 31.1. The summed E-state index contributed by atoms with van der Waals surface area (Å²) < 4.78 is 44.9. The van der Waals surface area contributed by atoms with Gasteiger partial charge >= 0.3 is 5.97 Å². The van der Waals surface area contributed by atoms with E-state index in [0.717, 1.165) is 16.7 Å². The number of esters is 1. The smallest absolute Gasteiger partial charge is 0.306 e. The van der Waals surface area contributed by atoms with Gasteiger partial charge in [-0.2, -0.15) is 0 Å². The van der Waals surface area contributed by atoms with Crippen LogP contribution in [0.1, 0.15) is 52.2 Å². The summed E-state index contributed by atoms with van der Waals surface area (Å²) >= 11 is 0. The third-order valence-corrected chi connectivity index (χ3v) is 9.71. The van der Waals surface area contributed by atoms with Crippen LogP contribution < -0.4 is 39.4 Å². The highest BCUT2D eigenvalue weighted by Crippen LogP contribution is 2.46. The summed E-state index contributed by atoms with van der Waals surface area (Å²) in [6.45, 7) is 0.583. The van der Waals surface area contributed by atoms with E-state index in [2.05, 4.69) is 9.88 Å². The minimum Gasteiger partial charge on any atom is -0.502 e. The van der Waals surface area contributed by atoms with Crippen LogP contribution in [0.3, 0.4) is 0 Å². The van der Waals surface area contributed by atoms with Crippen LogP contribution >= 0.6 is 0 Å². The second-order valence-electron chi connectivity index (χ2n) is 12.6. The SMILES string of the molecule is COC(=O)C[C@@H](c1oc(CN2CCc3cc(OC)c(OC)cc3[C@@H]2c2cc(OC)c(OC)c(OC)c2)cc(=O)c1O)c1cc2ccc(OC)cc2[nH]c1=O. The summed E-state index contributed by atoms with van der Waals surface area (Å²) in [7, 11) is 10.5. The van der Waals surface area contributed by atoms with Crippen LogP contribution in [0.25, 0.3) is 10.9 Å². The zero-order chi connectivity index (χ0) is 38.7. The van der Waals surface area contributed by atoms with E-state index in [1.807, 2.05) is 24.3 Å². The Bertz CT molecular complexity index is 2290. The van der Waals surface area contributed by atoms with Crippen molar-refractivity contribution < 1.29 is 47.5 Å². The zero-order valence-electron chi connectivity index (χ0n) is 31.1. The van der Waals surface area contributed by atoms with E-state index in [1.165, 1.54) is 41.6 Å². The van der Waals surface area contributed by atoms with Crippen molar-refractivity contribution in [3.05, 3.63) is 109 Å². The first-order valence-corrected chi connectivity index (χ1v) is 17.0. The minimum atomic E-state index is -1.18. The molecule has 2 aromatic heterocycles. The number of aromatic hydroxyl groups is 1. The summed E-state index contributed by atoms with van der Waals surface area (Å²) in [6.07, 6.45) is 0.210. The van der Waals surface area contributed by atoms with E-state index < -0.39 is 41.1 Å². The number of hydrogen-bond acceptors (Lipinski definition) is 13. The molecule has 54 heavy (non-hydrogen) atoms. The number of pyridine rings is 1. The Morgan fingerprint density at radius 2 is 1.54 bits per heavy atom. The fourth-order valence-corrected chi connectivity index (χ4v) is 7.06. The van der Waals surface area contributed by atoms with E-state index in [-0.39, 0.29) is 23.6 Å². The van der Waals surface area contributed by atoms with Crippen molar-refractivity contribution in [1.29, 1.82) is 0 Å². The largest absolute Gasteiger partial charge is 0.502 e. The van der Waals surface area contributed by atoms with E-state index in [4.69, 9.17) is 37.6 Å². The van der Waals surface area contributed by atoms with E-state index in [9.17, 15) is 19.5 Å². The predicted molar refractivity (Wildman–Crippen MR) is 198 cm³/mol. The van der Waals surface area contributed by atoms with Crippen molar-refractivity contribution in [3.63, 3.8) is 0 Å². The van der Waals surface area contributed by atoms with E-state index >= 15 is 0 Å². The number of carbonyl (C=O) groups is 1. The number of aromatic nitrogens is 1. The first-order chi connectivity index (χ1) is 26.1.